The molecule has 2 aromatic rings. The maximum Gasteiger partial charge on any atom is 0.339 e. The van der Waals surface area contributed by atoms with Gasteiger partial charge in [-0.3, -0.25) is 9.97 Å². The molecule has 0 saturated heterocycles. The number of carbonyl (C=O) groups excluding carboxylic acids is 1. The summed E-state index contributed by atoms with van der Waals surface area (Å²) >= 11 is 0. The highest BCUT2D eigenvalue weighted by Crippen LogP contribution is 2.30. The molecule has 2 rings (SSSR count). The van der Waals surface area contributed by atoms with E-state index in [1.165, 1.54) is 13.3 Å². The van der Waals surface area contributed by atoms with Crippen LogP contribution in [0.1, 0.15) is 21.7 Å². The topological polar surface area (TPSA) is 101 Å². The zero-order valence-corrected chi connectivity index (χ0v) is 10.7. The van der Waals surface area contributed by atoms with Crippen molar-refractivity contribution < 1.29 is 9.53 Å². The number of carbonyl (C=O) groups is 1. The molecular formula is C12H11N5O2. The van der Waals surface area contributed by atoms with E-state index < -0.39 is 5.97 Å². The molecule has 0 unspecified atom stereocenters. The van der Waals surface area contributed by atoms with Crippen molar-refractivity contribution in [3.63, 3.8) is 0 Å². The van der Waals surface area contributed by atoms with Gasteiger partial charge in [-0.1, -0.05) is 5.11 Å². The fourth-order valence-electron chi connectivity index (χ4n) is 1.91. The first-order valence-electron chi connectivity index (χ1n) is 5.49. The number of methoxy groups -OCH3 is 1. The summed E-state index contributed by atoms with van der Waals surface area (Å²) in [6, 6.07) is 1.73. The van der Waals surface area contributed by atoms with E-state index in [2.05, 4.69) is 24.7 Å². The van der Waals surface area contributed by atoms with Gasteiger partial charge < -0.3 is 4.74 Å². The van der Waals surface area contributed by atoms with E-state index in [0.29, 0.717) is 16.6 Å². The Balaban J connectivity index is 2.91. The van der Waals surface area contributed by atoms with Gasteiger partial charge in [0.15, 0.2) is 0 Å². The number of hydrogen-bond donors (Lipinski definition) is 0. The number of aryl methyl sites for hydroxylation is 2. The van der Waals surface area contributed by atoms with Gasteiger partial charge >= 0.3 is 5.97 Å². The summed E-state index contributed by atoms with van der Waals surface area (Å²) in [7, 11) is 1.26. The highest BCUT2D eigenvalue weighted by molar-refractivity contribution is 6.04. The van der Waals surface area contributed by atoms with E-state index in [1.54, 1.807) is 13.0 Å². The van der Waals surface area contributed by atoms with Gasteiger partial charge in [0.2, 0.25) is 0 Å². The minimum atomic E-state index is -0.594. The molecule has 7 heteroatoms. The average Bonchev–Trinajstić information content (AvgIpc) is 2.38. The van der Waals surface area contributed by atoms with Crippen LogP contribution >= 0.6 is 0 Å². The van der Waals surface area contributed by atoms with Crippen LogP contribution < -0.4 is 0 Å². The highest BCUT2D eigenvalue weighted by atomic mass is 16.5. The van der Waals surface area contributed by atoms with Gasteiger partial charge in [-0.25, -0.2) is 4.79 Å². The van der Waals surface area contributed by atoms with Gasteiger partial charge in [0, 0.05) is 22.2 Å². The Hall–Kier alpha value is -2.66. The van der Waals surface area contributed by atoms with Crippen molar-refractivity contribution in [3.05, 3.63) is 39.7 Å². The smallest absolute Gasteiger partial charge is 0.339 e. The number of esters is 1. The minimum Gasteiger partial charge on any atom is -0.465 e. The fraction of sp³-hybridized carbons (Fsp3) is 0.250. The second-order valence-electron chi connectivity index (χ2n) is 3.95. The SMILES string of the molecule is COC(=O)c1cnc2c(C)nc(C)cc2c1N=[N+]=[N-]. The number of aromatic nitrogens is 2. The summed E-state index contributed by atoms with van der Waals surface area (Å²) in [4.78, 5) is 22.9. The maximum absolute atomic E-state index is 11.7. The van der Waals surface area contributed by atoms with Gasteiger partial charge in [-0.05, 0) is 25.4 Å². The first-order chi connectivity index (χ1) is 9.08. The molecule has 0 aliphatic heterocycles. The van der Waals surface area contributed by atoms with Crippen LogP contribution in [0.4, 0.5) is 5.69 Å². The molecule has 7 nitrogen and oxygen atoms in total. The quantitative estimate of drug-likeness (QED) is 0.357. The van der Waals surface area contributed by atoms with Crippen LogP contribution in [0.3, 0.4) is 0 Å². The van der Waals surface area contributed by atoms with Gasteiger partial charge in [-0.15, -0.1) is 0 Å². The Kier molecular flexibility index (Phi) is 3.31. The van der Waals surface area contributed by atoms with E-state index in [4.69, 9.17) is 5.53 Å². The Bertz CT molecular complexity index is 720. The lowest BCUT2D eigenvalue weighted by Crippen LogP contribution is -2.03. The normalized spacial score (nSPS) is 10.1. The maximum atomic E-state index is 11.7. The van der Waals surface area contributed by atoms with Crippen LogP contribution in [-0.2, 0) is 4.74 Å². The van der Waals surface area contributed by atoms with Crippen molar-refractivity contribution in [1.29, 1.82) is 0 Å². The summed E-state index contributed by atoms with van der Waals surface area (Å²) in [6.45, 7) is 3.62. The zero-order chi connectivity index (χ0) is 14.0. The van der Waals surface area contributed by atoms with Crippen molar-refractivity contribution in [3.8, 4) is 0 Å². The largest absolute Gasteiger partial charge is 0.465 e. The van der Waals surface area contributed by atoms with Crippen molar-refractivity contribution in [1.82, 2.24) is 9.97 Å². The minimum absolute atomic E-state index is 0.137. The lowest BCUT2D eigenvalue weighted by atomic mass is 10.1. The van der Waals surface area contributed by atoms with Crippen LogP contribution in [0, 0.1) is 13.8 Å². The van der Waals surface area contributed by atoms with Gasteiger partial charge in [0.05, 0.1) is 29.6 Å². The number of hydrogen-bond acceptors (Lipinski definition) is 5. The van der Waals surface area contributed by atoms with Crippen molar-refractivity contribution in [2.24, 2.45) is 5.11 Å². The Labute approximate surface area is 108 Å². The predicted octanol–water partition coefficient (Wildman–Crippen LogP) is 2.98. The molecule has 0 aliphatic carbocycles. The third-order valence-electron chi connectivity index (χ3n) is 2.68. The number of rotatable bonds is 2. The number of pyridine rings is 2. The molecular weight excluding hydrogens is 246 g/mol. The molecule has 0 spiro atoms. The summed E-state index contributed by atoms with van der Waals surface area (Å²) in [5, 5.41) is 4.19. The monoisotopic (exact) mass is 257 g/mol. The highest BCUT2D eigenvalue weighted by Gasteiger charge is 2.16. The molecule has 0 atom stereocenters. The Morgan fingerprint density at radius 3 is 2.84 bits per heavy atom. The molecule has 2 heterocycles. The number of ether oxygens (including phenoxy) is 1. The number of azide groups is 1. The first-order valence-corrected chi connectivity index (χ1v) is 5.49. The second kappa shape index (κ2) is 4.91. The van der Waals surface area contributed by atoms with Crippen LogP contribution in [0.15, 0.2) is 17.4 Å². The van der Waals surface area contributed by atoms with Gasteiger partial charge in [0.25, 0.3) is 0 Å². The van der Waals surface area contributed by atoms with Gasteiger partial charge in [0.1, 0.15) is 0 Å². The average molecular weight is 257 g/mol. The van der Waals surface area contributed by atoms with Crippen LogP contribution in [0.5, 0.6) is 0 Å². The molecule has 2 aromatic heterocycles. The van der Waals surface area contributed by atoms with Crippen molar-refractivity contribution >= 4 is 22.6 Å². The molecule has 96 valence electrons. The molecule has 0 saturated carbocycles. The van der Waals surface area contributed by atoms with E-state index in [-0.39, 0.29) is 11.3 Å². The summed E-state index contributed by atoms with van der Waals surface area (Å²) in [5.41, 5.74) is 11.1. The molecule has 0 N–H and O–H groups in total. The van der Waals surface area contributed by atoms with E-state index >= 15 is 0 Å². The number of fused-ring (bicyclic) bond motifs is 1. The summed E-state index contributed by atoms with van der Waals surface area (Å²) in [5.74, 6) is -0.594. The standard InChI is InChI=1S/C12H11N5O2/c1-6-4-8-10(7(2)15-6)14-5-9(12(18)19-3)11(8)16-17-13/h4-5H,1-3H3. The fourth-order valence-corrected chi connectivity index (χ4v) is 1.91. The summed E-state index contributed by atoms with van der Waals surface area (Å²) < 4.78 is 4.65. The molecule has 19 heavy (non-hydrogen) atoms. The van der Waals surface area contributed by atoms with Crippen molar-refractivity contribution in [2.45, 2.75) is 13.8 Å². The van der Waals surface area contributed by atoms with E-state index in [0.717, 1.165) is 5.69 Å². The molecule has 0 radical (unpaired) electrons. The summed E-state index contributed by atoms with van der Waals surface area (Å²) in [6.07, 6.45) is 1.34. The van der Waals surface area contributed by atoms with E-state index in [1.807, 2.05) is 6.92 Å². The Morgan fingerprint density at radius 2 is 2.21 bits per heavy atom. The second-order valence-corrected chi connectivity index (χ2v) is 3.95. The molecule has 0 aromatic carbocycles. The van der Waals surface area contributed by atoms with Crippen molar-refractivity contribution in [2.75, 3.05) is 7.11 Å². The van der Waals surface area contributed by atoms with E-state index in [9.17, 15) is 4.79 Å². The zero-order valence-electron chi connectivity index (χ0n) is 10.7. The molecule has 0 aliphatic rings. The Morgan fingerprint density at radius 1 is 1.47 bits per heavy atom. The van der Waals surface area contributed by atoms with Crippen LogP contribution in [0.2, 0.25) is 0 Å². The molecule has 0 fully saturated rings. The van der Waals surface area contributed by atoms with Crippen LogP contribution in [0.25, 0.3) is 21.3 Å². The van der Waals surface area contributed by atoms with Gasteiger partial charge in [-0.2, -0.15) is 0 Å². The molecule has 0 bridgehead atoms. The first kappa shape index (κ1) is 12.8. The predicted molar refractivity (Wildman–Crippen MR) is 69.2 cm³/mol. The number of nitrogens with zero attached hydrogens (tertiary/aromatic N) is 5. The lowest BCUT2D eigenvalue weighted by molar-refractivity contribution is 0.0601. The third kappa shape index (κ3) is 2.19. The third-order valence-corrected chi connectivity index (χ3v) is 2.68. The van der Waals surface area contributed by atoms with Crippen LogP contribution in [-0.4, -0.2) is 23.0 Å². The molecule has 0 amide bonds. The lowest BCUT2D eigenvalue weighted by Gasteiger charge is -2.08.